The molecule has 0 radical (unpaired) electrons. The van der Waals surface area contributed by atoms with E-state index in [2.05, 4.69) is 0 Å². The van der Waals surface area contributed by atoms with E-state index in [0.29, 0.717) is 0 Å². The van der Waals surface area contributed by atoms with Gasteiger partial charge in [0.05, 0.1) is 12.7 Å². The van der Waals surface area contributed by atoms with Gasteiger partial charge in [-0.1, -0.05) is 0 Å². The first-order chi connectivity index (χ1) is 9.02. The maximum atomic E-state index is 12.2. The number of phenolic OH excluding ortho intramolecular Hbond substituents is 3. The SMILES string of the molecule is COc1cc(C(=O)c2ccc(O)cc2O)ccc1O. The van der Waals surface area contributed by atoms with Crippen LogP contribution in [0.5, 0.6) is 23.0 Å². The molecule has 0 spiro atoms. The summed E-state index contributed by atoms with van der Waals surface area (Å²) in [4.78, 5) is 12.2. The van der Waals surface area contributed by atoms with Gasteiger partial charge < -0.3 is 20.1 Å². The highest BCUT2D eigenvalue weighted by molar-refractivity contribution is 6.11. The standard InChI is InChI=1S/C14H12O5/c1-19-13-6-8(2-5-11(13)16)14(18)10-4-3-9(15)7-12(10)17/h2-7,15-17H,1H3. The zero-order valence-corrected chi connectivity index (χ0v) is 10.1. The molecule has 19 heavy (non-hydrogen) atoms. The number of hydrogen-bond acceptors (Lipinski definition) is 5. The molecule has 0 fully saturated rings. The average molecular weight is 260 g/mol. The van der Waals surface area contributed by atoms with Crippen LogP contribution >= 0.6 is 0 Å². The minimum Gasteiger partial charge on any atom is -0.508 e. The average Bonchev–Trinajstić information content (AvgIpc) is 2.38. The van der Waals surface area contributed by atoms with E-state index >= 15 is 0 Å². The summed E-state index contributed by atoms with van der Waals surface area (Å²) in [5.74, 6) is -0.775. The largest absolute Gasteiger partial charge is 0.508 e. The Bertz CT molecular complexity index is 634. The fraction of sp³-hybridized carbons (Fsp3) is 0.0714. The Morgan fingerprint density at radius 3 is 2.37 bits per heavy atom. The highest BCUT2D eigenvalue weighted by atomic mass is 16.5. The van der Waals surface area contributed by atoms with Crippen LogP contribution in [0, 0.1) is 0 Å². The summed E-state index contributed by atoms with van der Waals surface area (Å²) in [5, 5.41) is 28.3. The zero-order valence-electron chi connectivity index (χ0n) is 10.1. The number of benzene rings is 2. The molecule has 3 N–H and O–H groups in total. The Hall–Kier alpha value is -2.69. The topological polar surface area (TPSA) is 87.0 Å². The van der Waals surface area contributed by atoms with Gasteiger partial charge in [-0.3, -0.25) is 4.79 Å². The van der Waals surface area contributed by atoms with Crippen LogP contribution in [0.1, 0.15) is 15.9 Å². The second kappa shape index (κ2) is 4.89. The molecule has 5 heteroatoms. The van der Waals surface area contributed by atoms with Crippen molar-refractivity contribution < 1.29 is 24.9 Å². The van der Waals surface area contributed by atoms with Crippen LogP contribution in [0.15, 0.2) is 36.4 Å². The molecule has 0 saturated heterocycles. The number of carbonyl (C=O) groups excluding carboxylic acids is 1. The maximum Gasteiger partial charge on any atom is 0.196 e. The van der Waals surface area contributed by atoms with E-state index in [1.54, 1.807) is 0 Å². The molecule has 5 nitrogen and oxygen atoms in total. The van der Waals surface area contributed by atoms with Gasteiger partial charge in [-0.15, -0.1) is 0 Å². The van der Waals surface area contributed by atoms with Crippen molar-refractivity contribution in [3.63, 3.8) is 0 Å². The van der Waals surface area contributed by atoms with E-state index in [4.69, 9.17) is 4.74 Å². The van der Waals surface area contributed by atoms with Gasteiger partial charge in [0.15, 0.2) is 17.3 Å². The highest BCUT2D eigenvalue weighted by Crippen LogP contribution is 2.30. The summed E-state index contributed by atoms with van der Waals surface area (Å²) in [7, 11) is 1.38. The van der Waals surface area contributed by atoms with E-state index < -0.39 is 5.78 Å². The third-order valence-corrected chi connectivity index (χ3v) is 2.67. The van der Waals surface area contributed by atoms with Crippen LogP contribution < -0.4 is 4.74 Å². The molecule has 0 aliphatic carbocycles. The van der Waals surface area contributed by atoms with Crippen LogP contribution in [0.3, 0.4) is 0 Å². The van der Waals surface area contributed by atoms with Crippen molar-refractivity contribution in [1.82, 2.24) is 0 Å². The predicted molar refractivity (Wildman–Crippen MR) is 67.9 cm³/mol. The van der Waals surface area contributed by atoms with Gasteiger partial charge in [0.2, 0.25) is 0 Å². The number of aromatic hydroxyl groups is 3. The van der Waals surface area contributed by atoms with Gasteiger partial charge in [0.1, 0.15) is 11.5 Å². The van der Waals surface area contributed by atoms with E-state index in [9.17, 15) is 20.1 Å². The second-order valence-electron chi connectivity index (χ2n) is 3.92. The lowest BCUT2D eigenvalue weighted by Crippen LogP contribution is -2.02. The number of hydrogen-bond donors (Lipinski definition) is 3. The van der Waals surface area contributed by atoms with Gasteiger partial charge in [0.25, 0.3) is 0 Å². The van der Waals surface area contributed by atoms with Crippen LogP contribution in [0.2, 0.25) is 0 Å². The molecule has 0 bridgehead atoms. The molecule has 2 rings (SSSR count). The highest BCUT2D eigenvalue weighted by Gasteiger charge is 2.15. The number of methoxy groups -OCH3 is 1. The lowest BCUT2D eigenvalue weighted by Gasteiger charge is -2.07. The molecule has 0 aliphatic rings. The fourth-order valence-corrected chi connectivity index (χ4v) is 1.69. The van der Waals surface area contributed by atoms with Crippen LogP contribution in [-0.4, -0.2) is 28.2 Å². The van der Waals surface area contributed by atoms with E-state index in [1.165, 1.54) is 37.4 Å². The van der Waals surface area contributed by atoms with Crippen molar-refractivity contribution in [2.75, 3.05) is 7.11 Å². The van der Waals surface area contributed by atoms with Crippen molar-refractivity contribution in [3.05, 3.63) is 47.5 Å². The maximum absolute atomic E-state index is 12.2. The van der Waals surface area contributed by atoms with Crippen LogP contribution in [0.4, 0.5) is 0 Å². The lowest BCUT2D eigenvalue weighted by molar-refractivity contribution is 0.103. The van der Waals surface area contributed by atoms with Crippen molar-refractivity contribution >= 4 is 5.78 Å². The Labute approximate surface area is 109 Å². The molecule has 98 valence electrons. The zero-order chi connectivity index (χ0) is 14.0. The van der Waals surface area contributed by atoms with Crippen molar-refractivity contribution in [1.29, 1.82) is 0 Å². The molecule has 0 heterocycles. The summed E-state index contributed by atoms with van der Waals surface area (Å²) in [6, 6.07) is 7.86. The summed E-state index contributed by atoms with van der Waals surface area (Å²) < 4.78 is 4.92. The van der Waals surface area contributed by atoms with Crippen LogP contribution in [0.25, 0.3) is 0 Å². The molecule has 0 amide bonds. The predicted octanol–water partition coefficient (Wildman–Crippen LogP) is 2.04. The van der Waals surface area contributed by atoms with Gasteiger partial charge in [-0.05, 0) is 30.3 Å². The molecular formula is C14H12O5. The normalized spacial score (nSPS) is 10.2. The lowest BCUT2D eigenvalue weighted by atomic mass is 10.0. The molecule has 0 aromatic heterocycles. The van der Waals surface area contributed by atoms with Gasteiger partial charge in [0, 0.05) is 11.6 Å². The van der Waals surface area contributed by atoms with Crippen LogP contribution in [-0.2, 0) is 0 Å². The first-order valence-corrected chi connectivity index (χ1v) is 5.46. The molecule has 0 aliphatic heterocycles. The number of rotatable bonds is 3. The fourth-order valence-electron chi connectivity index (χ4n) is 1.69. The van der Waals surface area contributed by atoms with E-state index in [-0.39, 0.29) is 34.1 Å². The monoisotopic (exact) mass is 260 g/mol. The summed E-state index contributed by atoms with van der Waals surface area (Å²) >= 11 is 0. The van der Waals surface area contributed by atoms with E-state index in [0.717, 1.165) is 6.07 Å². The minimum atomic E-state index is -0.434. The first kappa shape index (κ1) is 12.8. The number of ketones is 1. The third kappa shape index (κ3) is 2.44. The third-order valence-electron chi connectivity index (χ3n) is 2.67. The molecule has 0 unspecified atom stereocenters. The number of phenols is 3. The van der Waals surface area contributed by atoms with Crippen molar-refractivity contribution in [2.24, 2.45) is 0 Å². The minimum absolute atomic E-state index is 0.0607. The second-order valence-corrected chi connectivity index (χ2v) is 3.92. The van der Waals surface area contributed by atoms with E-state index in [1.807, 2.05) is 0 Å². The van der Waals surface area contributed by atoms with Crippen molar-refractivity contribution in [2.45, 2.75) is 0 Å². The molecule has 2 aromatic rings. The Kier molecular flexibility index (Phi) is 3.29. The quantitative estimate of drug-likeness (QED) is 0.735. The number of ether oxygens (including phenoxy) is 1. The molecule has 2 aromatic carbocycles. The summed E-state index contributed by atoms with van der Waals surface area (Å²) in [6.45, 7) is 0. The van der Waals surface area contributed by atoms with Gasteiger partial charge in [-0.2, -0.15) is 0 Å². The molecule has 0 saturated carbocycles. The Balaban J connectivity index is 2.44. The molecular weight excluding hydrogens is 248 g/mol. The van der Waals surface area contributed by atoms with Gasteiger partial charge >= 0.3 is 0 Å². The summed E-state index contributed by atoms with van der Waals surface area (Å²) in [5.41, 5.74) is 0.321. The molecule has 0 atom stereocenters. The summed E-state index contributed by atoms with van der Waals surface area (Å²) in [6.07, 6.45) is 0. The number of carbonyl (C=O) groups is 1. The van der Waals surface area contributed by atoms with Crippen molar-refractivity contribution in [3.8, 4) is 23.0 Å². The first-order valence-electron chi connectivity index (χ1n) is 5.46. The Morgan fingerprint density at radius 2 is 1.74 bits per heavy atom. The smallest absolute Gasteiger partial charge is 0.196 e. The Morgan fingerprint density at radius 1 is 1.00 bits per heavy atom. The van der Waals surface area contributed by atoms with Gasteiger partial charge in [-0.25, -0.2) is 0 Å².